The summed E-state index contributed by atoms with van der Waals surface area (Å²) in [6.45, 7) is 0. The fourth-order valence-corrected chi connectivity index (χ4v) is 3.91. The van der Waals surface area contributed by atoms with E-state index in [9.17, 15) is 28.1 Å². The molecule has 0 bridgehead atoms. The Kier molecular flexibility index (Phi) is 7.53. The van der Waals surface area contributed by atoms with Gasteiger partial charge in [-0.25, -0.2) is 15.4 Å². The number of hydrogen-bond acceptors (Lipinski definition) is 8. The molecule has 0 saturated carbocycles. The van der Waals surface area contributed by atoms with Crippen LogP contribution < -0.4 is 5.43 Å². The molecule has 0 atom stereocenters. The number of hydrogen-bond donors (Lipinski definition) is 1. The second-order valence-electron chi connectivity index (χ2n) is 7.31. The third kappa shape index (κ3) is 6.52. The largest absolute Gasteiger partial charge is 0.433 e. The Bertz CT molecular complexity index is 1470. The molecule has 0 fully saturated rings. The average molecular weight is 524 g/mol. The summed E-state index contributed by atoms with van der Waals surface area (Å²) < 4.78 is 40.5. The summed E-state index contributed by atoms with van der Waals surface area (Å²) in [7, 11) is 0. The van der Waals surface area contributed by atoms with Gasteiger partial charge >= 0.3 is 6.18 Å². The van der Waals surface area contributed by atoms with Crippen LogP contribution in [-0.4, -0.2) is 32.0 Å². The van der Waals surface area contributed by atoms with Gasteiger partial charge in [0.2, 0.25) is 0 Å². The number of nitrogens with one attached hydrogen (secondary N) is 1. The maximum Gasteiger partial charge on any atom is 0.433 e. The topological polar surface area (TPSA) is 123 Å². The molecule has 186 valence electrons. The average Bonchev–Trinajstić information content (AvgIpc) is 2.89. The Morgan fingerprint density at radius 1 is 1.03 bits per heavy atom. The smallest absolute Gasteiger partial charge is 0.267 e. The van der Waals surface area contributed by atoms with Crippen molar-refractivity contribution in [2.24, 2.45) is 5.10 Å². The third-order valence-corrected chi connectivity index (χ3v) is 5.70. The molecule has 0 spiro atoms. The van der Waals surface area contributed by atoms with E-state index in [-0.39, 0.29) is 21.3 Å². The summed E-state index contributed by atoms with van der Waals surface area (Å²) >= 11 is 0.632. The molecule has 13 heteroatoms. The van der Waals surface area contributed by atoms with Gasteiger partial charge in [-0.15, -0.1) is 0 Å². The minimum Gasteiger partial charge on any atom is -0.267 e. The summed E-state index contributed by atoms with van der Waals surface area (Å²) in [5.41, 5.74) is 1.80. The zero-order chi connectivity index (χ0) is 26.4. The van der Waals surface area contributed by atoms with Crippen molar-refractivity contribution in [2.45, 2.75) is 16.2 Å². The first-order valence-corrected chi connectivity index (χ1v) is 11.2. The number of rotatable bonds is 7. The Morgan fingerprint density at radius 3 is 2.43 bits per heavy atom. The molecule has 37 heavy (non-hydrogen) atoms. The molecule has 1 amide bonds. The zero-order valence-corrected chi connectivity index (χ0v) is 19.4. The van der Waals surface area contributed by atoms with Gasteiger partial charge in [-0.3, -0.25) is 19.9 Å². The Labute approximate surface area is 211 Å². The molecular formula is C24H15F3N6O3S. The predicted molar refractivity (Wildman–Crippen MR) is 129 cm³/mol. The number of amides is 1. The number of benzene rings is 2. The van der Waals surface area contributed by atoms with Crippen LogP contribution in [-0.2, 0) is 6.18 Å². The highest BCUT2D eigenvalue weighted by Gasteiger charge is 2.34. The fraction of sp³-hybridized carbons (Fsp3) is 0.0417. The summed E-state index contributed by atoms with van der Waals surface area (Å²) in [5.74, 6) is -0.503. The molecule has 2 aromatic carbocycles. The molecule has 4 rings (SSSR count). The first-order chi connectivity index (χ1) is 17.7. The number of aromatic nitrogens is 3. The third-order valence-electron chi connectivity index (χ3n) is 4.77. The molecule has 9 nitrogen and oxygen atoms in total. The lowest BCUT2D eigenvalue weighted by atomic mass is 10.1. The lowest BCUT2D eigenvalue weighted by Crippen LogP contribution is -2.17. The van der Waals surface area contributed by atoms with E-state index in [2.05, 4.69) is 25.5 Å². The van der Waals surface area contributed by atoms with Gasteiger partial charge in [-0.05, 0) is 36.0 Å². The maximum atomic E-state index is 13.5. The number of carbonyl (C=O) groups excluding carboxylic acids is 1. The highest BCUT2D eigenvalue weighted by Crippen LogP contribution is 2.37. The lowest BCUT2D eigenvalue weighted by Gasteiger charge is -2.11. The van der Waals surface area contributed by atoms with E-state index in [1.807, 2.05) is 0 Å². The highest BCUT2D eigenvalue weighted by molar-refractivity contribution is 7.99. The number of nitro benzene ring substituents is 1. The number of nitro groups is 1. The molecule has 1 N–H and O–H groups in total. The van der Waals surface area contributed by atoms with Crippen LogP contribution in [0.1, 0.15) is 21.6 Å². The molecule has 0 unspecified atom stereocenters. The standard InChI is InChI=1S/C24H15F3N6O3S/c25-24(26,27)21-13-18(16-4-2-1-3-5-16)30-23(31-21)37-20-7-6-15(12-19(20)33(35)36)14-29-32-22(34)17-8-10-28-11-9-17/h1-14H,(H,32,34)/b29-14+. The van der Waals surface area contributed by atoms with Crippen LogP contribution in [0.15, 0.2) is 94.3 Å². The normalized spacial score (nSPS) is 11.4. The van der Waals surface area contributed by atoms with Crippen molar-refractivity contribution in [3.8, 4) is 11.3 Å². The first kappa shape index (κ1) is 25.4. The summed E-state index contributed by atoms with van der Waals surface area (Å²) in [4.78, 5) is 34.6. The van der Waals surface area contributed by atoms with Crippen molar-refractivity contribution in [3.63, 3.8) is 0 Å². The van der Waals surface area contributed by atoms with E-state index in [1.165, 1.54) is 48.9 Å². The Morgan fingerprint density at radius 2 is 1.76 bits per heavy atom. The van der Waals surface area contributed by atoms with Crippen LogP contribution in [0, 0.1) is 10.1 Å². The molecule has 2 aromatic heterocycles. The first-order valence-electron chi connectivity index (χ1n) is 10.4. The summed E-state index contributed by atoms with van der Waals surface area (Å²) in [6, 6.07) is 16.0. The van der Waals surface area contributed by atoms with Crippen molar-refractivity contribution < 1.29 is 22.9 Å². The second kappa shape index (κ2) is 11.0. The van der Waals surface area contributed by atoms with Gasteiger partial charge in [0.25, 0.3) is 11.6 Å². The number of hydrazone groups is 1. The molecule has 0 aliphatic heterocycles. The summed E-state index contributed by atoms with van der Waals surface area (Å²) in [6.07, 6.45) is -0.659. The monoisotopic (exact) mass is 524 g/mol. The number of halogens is 3. The molecule has 0 aliphatic rings. The van der Waals surface area contributed by atoms with E-state index >= 15 is 0 Å². The van der Waals surface area contributed by atoms with Crippen molar-refractivity contribution in [2.75, 3.05) is 0 Å². The van der Waals surface area contributed by atoms with E-state index in [0.717, 1.165) is 6.07 Å². The molecule has 0 saturated heterocycles. The van der Waals surface area contributed by atoms with Gasteiger partial charge in [0.05, 0.1) is 21.7 Å². The Balaban J connectivity index is 1.60. The van der Waals surface area contributed by atoms with Gasteiger partial charge in [-0.1, -0.05) is 36.4 Å². The van der Waals surface area contributed by atoms with E-state index in [0.29, 0.717) is 22.9 Å². The van der Waals surface area contributed by atoms with Crippen molar-refractivity contribution in [1.82, 2.24) is 20.4 Å². The number of alkyl halides is 3. The van der Waals surface area contributed by atoms with Crippen LogP contribution in [0.3, 0.4) is 0 Å². The van der Waals surface area contributed by atoms with Crippen molar-refractivity contribution >= 4 is 29.6 Å². The number of carbonyl (C=O) groups is 1. The quantitative estimate of drug-likeness (QED) is 0.149. The van der Waals surface area contributed by atoms with Crippen LogP contribution in [0.2, 0.25) is 0 Å². The molecular weight excluding hydrogens is 509 g/mol. The lowest BCUT2D eigenvalue weighted by molar-refractivity contribution is -0.387. The number of nitrogens with zero attached hydrogens (tertiary/aromatic N) is 5. The molecule has 0 aliphatic carbocycles. The molecule has 0 radical (unpaired) electrons. The minimum absolute atomic E-state index is 0.0290. The van der Waals surface area contributed by atoms with E-state index in [1.54, 1.807) is 30.3 Å². The van der Waals surface area contributed by atoms with Crippen molar-refractivity contribution in [1.29, 1.82) is 0 Å². The van der Waals surface area contributed by atoms with Gasteiger partial charge < -0.3 is 0 Å². The molecule has 4 aromatic rings. The van der Waals surface area contributed by atoms with Crippen LogP contribution in [0.5, 0.6) is 0 Å². The predicted octanol–water partition coefficient (Wildman–Crippen LogP) is 5.38. The molecule has 2 heterocycles. The number of pyridine rings is 1. The zero-order valence-electron chi connectivity index (χ0n) is 18.6. The van der Waals surface area contributed by atoms with Crippen molar-refractivity contribution in [3.05, 3.63) is 106 Å². The highest BCUT2D eigenvalue weighted by atomic mass is 32.2. The Hall–Kier alpha value is -4.65. The van der Waals surface area contributed by atoms with Crippen LogP contribution >= 0.6 is 11.8 Å². The van der Waals surface area contributed by atoms with Gasteiger partial charge in [0, 0.05) is 35.2 Å². The van der Waals surface area contributed by atoms with E-state index < -0.39 is 28.4 Å². The minimum atomic E-state index is -4.74. The maximum absolute atomic E-state index is 13.5. The van der Waals surface area contributed by atoms with Gasteiger partial charge in [-0.2, -0.15) is 18.3 Å². The van der Waals surface area contributed by atoms with Crippen LogP contribution in [0.25, 0.3) is 11.3 Å². The van der Waals surface area contributed by atoms with Crippen LogP contribution in [0.4, 0.5) is 18.9 Å². The van der Waals surface area contributed by atoms with E-state index in [4.69, 9.17) is 0 Å². The van der Waals surface area contributed by atoms with Gasteiger partial charge in [0.1, 0.15) is 5.69 Å². The fourth-order valence-electron chi connectivity index (χ4n) is 3.05. The van der Waals surface area contributed by atoms with Gasteiger partial charge in [0.15, 0.2) is 5.16 Å². The summed E-state index contributed by atoms with van der Waals surface area (Å²) in [5, 5.41) is 15.2. The second-order valence-corrected chi connectivity index (χ2v) is 8.32. The SMILES string of the molecule is O=C(N/N=C/c1ccc(Sc2nc(-c3ccccc3)cc(C(F)(F)F)n2)c([N+](=O)[O-])c1)c1ccncc1.